The van der Waals surface area contributed by atoms with Gasteiger partial charge in [0, 0.05) is 11.5 Å². The maximum Gasteiger partial charge on any atom is 0.344 e. The number of carbonyl (C=O) groups excluding carboxylic acids is 1. The minimum absolute atomic E-state index is 0.0579. The van der Waals surface area contributed by atoms with Gasteiger partial charge in [0.25, 0.3) is 7.82 Å². The summed E-state index contributed by atoms with van der Waals surface area (Å²) in [5, 5.41) is 11.2. The van der Waals surface area contributed by atoms with Crippen molar-refractivity contribution in [1.29, 1.82) is 0 Å². The molecule has 8 heteroatoms. The molecule has 0 aromatic heterocycles. The summed E-state index contributed by atoms with van der Waals surface area (Å²) in [4.78, 5) is 26.1. The molecule has 0 amide bonds. The first-order valence-corrected chi connectivity index (χ1v) is 14.7. The molecular formula is C29H42O7P-. The molecule has 3 rings (SSSR count). The number of rotatable bonds is 10. The summed E-state index contributed by atoms with van der Waals surface area (Å²) in [5.74, 6) is -0.634. The van der Waals surface area contributed by atoms with E-state index < -0.39 is 24.8 Å². The van der Waals surface area contributed by atoms with Crippen LogP contribution in [0.5, 0.6) is 11.5 Å². The van der Waals surface area contributed by atoms with Gasteiger partial charge in [0.1, 0.15) is 11.5 Å². The van der Waals surface area contributed by atoms with Crippen LogP contribution in [-0.4, -0.2) is 23.3 Å². The Labute approximate surface area is 221 Å². The first-order chi connectivity index (χ1) is 17.2. The molecule has 1 N–H and O–H groups in total. The van der Waals surface area contributed by atoms with Crippen molar-refractivity contribution in [3.63, 3.8) is 0 Å². The Morgan fingerprint density at radius 3 is 2.51 bits per heavy atom. The number of benzene rings is 1. The largest absolute Gasteiger partial charge is 0.756 e. The number of ether oxygens (including phenoxy) is 1. The molecule has 1 fully saturated rings. The van der Waals surface area contributed by atoms with Gasteiger partial charge in [-0.3, -0.25) is 9.09 Å². The van der Waals surface area contributed by atoms with Crippen LogP contribution in [0.25, 0.3) is 0 Å². The van der Waals surface area contributed by atoms with E-state index in [0.717, 1.165) is 30.4 Å². The molecular weight excluding hydrogens is 491 g/mol. The number of carbonyl (C=O) groups is 1. The van der Waals surface area contributed by atoms with Gasteiger partial charge in [-0.1, -0.05) is 57.9 Å². The van der Waals surface area contributed by atoms with E-state index in [1.165, 1.54) is 5.57 Å². The second-order valence-corrected chi connectivity index (χ2v) is 13.3. The molecule has 206 valence electrons. The number of allylic oxidation sites excluding steroid dienone is 3. The lowest BCUT2D eigenvalue weighted by Crippen LogP contribution is -2.50. The Morgan fingerprint density at radius 1 is 1.30 bits per heavy atom. The highest BCUT2D eigenvalue weighted by molar-refractivity contribution is 7.46. The monoisotopic (exact) mass is 533 g/mol. The third kappa shape index (κ3) is 7.35. The molecule has 1 unspecified atom stereocenters. The molecule has 0 radical (unpaired) electrons. The number of phenolic OH excluding ortho intramolecular Hbond substituents is 1. The lowest BCUT2D eigenvalue weighted by Gasteiger charge is -2.42. The van der Waals surface area contributed by atoms with Crippen LogP contribution in [0, 0.1) is 11.3 Å². The first-order valence-electron chi connectivity index (χ1n) is 13.2. The average molecular weight is 534 g/mol. The van der Waals surface area contributed by atoms with Crippen LogP contribution in [0.15, 0.2) is 35.9 Å². The third-order valence-electron chi connectivity index (χ3n) is 7.11. The zero-order chi connectivity index (χ0) is 27.6. The van der Waals surface area contributed by atoms with Crippen LogP contribution in [0.4, 0.5) is 0 Å². The van der Waals surface area contributed by atoms with Crippen molar-refractivity contribution in [2.75, 3.05) is 6.61 Å². The number of esters is 1. The summed E-state index contributed by atoms with van der Waals surface area (Å²) in [6.07, 6.45) is 6.51. The highest BCUT2D eigenvalue weighted by atomic mass is 31.2. The predicted molar refractivity (Wildman–Crippen MR) is 142 cm³/mol. The van der Waals surface area contributed by atoms with Crippen molar-refractivity contribution in [2.45, 2.75) is 98.0 Å². The zero-order valence-electron chi connectivity index (χ0n) is 23.1. The highest BCUT2D eigenvalue weighted by Crippen LogP contribution is 2.52. The smallest absolute Gasteiger partial charge is 0.344 e. The van der Waals surface area contributed by atoms with Gasteiger partial charge in [0.05, 0.1) is 6.61 Å². The SMILES string of the molecule is C=C(C)[C@@H]1CCC(C)=C[C@H]1c1c(O)cc(CCC)cc1OC(=O)C1(OP(=O)([O-])OCC(C)(C)C)CCC1. The Bertz CT molecular complexity index is 1090. The topological polar surface area (TPSA) is 105 Å². The van der Waals surface area contributed by atoms with E-state index in [4.69, 9.17) is 13.8 Å². The predicted octanol–water partition coefficient (Wildman–Crippen LogP) is 6.74. The molecule has 0 spiro atoms. The molecule has 1 aromatic rings. The van der Waals surface area contributed by atoms with Gasteiger partial charge in [-0.05, 0) is 81.4 Å². The molecule has 0 heterocycles. The van der Waals surface area contributed by atoms with Gasteiger partial charge >= 0.3 is 5.97 Å². The lowest BCUT2D eigenvalue weighted by atomic mass is 9.73. The van der Waals surface area contributed by atoms with E-state index in [-0.39, 0.29) is 42.8 Å². The highest BCUT2D eigenvalue weighted by Gasteiger charge is 2.50. The van der Waals surface area contributed by atoms with Gasteiger partial charge in [-0.2, -0.15) is 0 Å². The molecule has 1 saturated carbocycles. The number of hydrogen-bond donors (Lipinski definition) is 1. The van der Waals surface area contributed by atoms with Crippen molar-refractivity contribution >= 4 is 13.8 Å². The normalized spacial score (nSPS) is 22.9. The fourth-order valence-electron chi connectivity index (χ4n) is 4.96. The van der Waals surface area contributed by atoms with Crippen LogP contribution in [0.3, 0.4) is 0 Å². The van der Waals surface area contributed by atoms with E-state index in [1.54, 1.807) is 12.1 Å². The Morgan fingerprint density at radius 2 is 1.97 bits per heavy atom. The summed E-state index contributed by atoms with van der Waals surface area (Å²) in [7, 11) is -4.75. The van der Waals surface area contributed by atoms with E-state index in [9.17, 15) is 19.4 Å². The molecule has 2 aliphatic rings. The minimum Gasteiger partial charge on any atom is -0.756 e. The summed E-state index contributed by atoms with van der Waals surface area (Å²) >= 11 is 0. The van der Waals surface area contributed by atoms with E-state index >= 15 is 0 Å². The molecule has 2 aliphatic carbocycles. The van der Waals surface area contributed by atoms with Gasteiger partial charge in [-0.15, -0.1) is 0 Å². The van der Waals surface area contributed by atoms with E-state index in [2.05, 4.69) is 19.6 Å². The quantitative estimate of drug-likeness (QED) is 0.154. The maximum absolute atomic E-state index is 13.5. The number of hydrogen-bond acceptors (Lipinski definition) is 7. The molecule has 1 aromatic carbocycles. The second-order valence-electron chi connectivity index (χ2n) is 11.9. The first kappa shape index (κ1) is 29.6. The van der Waals surface area contributed by atoms with Gasteiger partial charge < -0.3 is 19.3 Å². The summed E-state index contributed by atoms with van der Waals surface area (Å²) in [5.41, 5.74) is 1.51. The fourth-order valence-corrected chi connectivity index (χ4v) is 6.25. The van der Waals surface area contributed by atoms with Crippen LogP contribution >= 0.6 is 7.82 Å². The lowest BCUT2D eigenvalue weighted by molar-refractivity contribution is -0.245. The van der Waals surface area contributed by atoms with Crippen LogP contribution in [0.1, 0.15) is 97.1 Å². The maximum atomic E-state index is 13.5. The van der Waals surface area contributed by atoms with E-state index in [0.29, 0.717) is 18.4 Å². The fraction of sp³-hybridized carbons (Fsp3) is 0.621. The standard InChI is InChI=1S/C29H43O7P/c1-8-10-21-16-24(30)26(23-15-20(4)11-12-22(23)19(2)3)25(17-21)35-27(31)29(13-9-14-29)36-37(32,33)34-18-28(5,6)7/h15-17,22-23,30H,2,8-14,18H2,1,3-7H3,(H,32,33)/p-1/t22-,23+/m0/s1. The van der Waals surface area contributed by atoms with Crippen molar-refractivity contribution in [3.8, 4) is 11.5 Å². The summed E-state index contributed by atoms with van der Waals surface area (Å²) < 4.78 is 29.0. The van der Waals surface area contributed by atoms with Crippen molar-refractivity contribution in [2.24, 2.45) is 11.3 Å². The minimum atomic E-state index is -4.75. The number of aryl methyl sites for hydroxylation is 1. The zero-order valence-corrected chi connectivity index (χ0v) is 24.0. The summed E-state index contributed by atoms with van der Waals surface area (Å²) in [6.45, 7) is 15.7. The number of phosphoric ester groups is 1. The van der Waals surface area contributed by atoms with Gasteiger partial charge in [-0.25, -0.2) is 4.79 Å². The molecule has 37 heavy (non-hydrogen) atoms. The average Bonchev–Trinajstić information content (AvgIpc) is 2.74. The van der Waals surface area contributed by atoms with Crippen LogP contribution < -0.4 is 9.63 Å². The molecule has 7 nitrogen and oxygen atoms in total. The van der Waals surface area contributed by atoms with Crippen LogP contribution in [-0.2, 0) is 24.8 Å². The van der Waals surface area contributed by atoms with Gasteiger partial charge in [0.15, 0.2) is 5.60 Å². The second kappa shape index (κ2) is 11.4. The summed E-state index contributed by atoms with van der Waals surface area (Å²) in [6, 6.07) is 3.51. The Hall–Kier alpha value is -1.92. The van der Waals surface area contributed by atoms with Crippen molar-refractivity contribution in [3.05, 3.63) is 47.1 Å². The molecule has 0 aliphatic heterocycles. The molecule has 0 bridgehead atoms. The van der Waals surface area contributed by atoms with Gasteiger partial charge in [0.2, 0.25) is 0 Å². The van der Waals surface area contributed by atoms with Crippen molar-refractivity contribution < 1.29 is 33.1 Å². The number of phenols is 1. The Balaban J connectivity index is 1.97. The third-order valence-corrected chi connectivity index (χ3v) is 8.13. The van der Waals surface area contributed by atoms with E-state index in [1.807, 2.05) is 34.6 Å². The number of aromatic hydroxyl groups is 1. The Kier molecular flexibility index (Phi) is 9.17. The molecule has 3 atom stereocenters. The number of phosphoric acid groups is 1. The molecule has 0 saturated heterocycles. The van der Waals surface area contributed by atoms with Crippen molar-refractivity contribution in [1.82, 2.24) is 0 Å². The van der Waals surface area contributed by atoms with Crippen LogP contribution in [0.2, 0.25) is 0 Å².